The summed E-state index contributed by atoms with van der Waals surface area (Å²) in [7, 11) is 0. The second kappa shape index (κ2) is 14.0. The van der Waals surface area contributed by atoms with Crippen LogP contribution in [0.15, 0.2) is 42.5 Å². The maximum absolute atomic E-state index is 13.8. The molecule has 2 aromatic carbocycles. The summed E-state index contributed by atoms with van der Waals surface area (Å²) in [6.45, 7) is 15.6. The lowest BCUT2D eigenvalue weighted by Gasteiger charge is -2.39. The van der Waals surface area contributed by atoms with Crippen LogP contribution in [0.1, 0.15) is 78.2 Å². The van der Waals surface area contributed by atoms with E-state index in [1.54, 1.807) is 5.56 Å². The number of likely N-dealkylation sites (tertiary alicyclic amines) is 1. The van der Waals surface area contributed by atoms with Crippen molar-refractivity contribution >= 4 is 41.6 Å². The van der Waals surface area contributed by atoms with Gasteiger partial charge in [-0.25, -0.2) is 0 Å². The number of aromatic nitrogens is 1. The Balaban J connectivity index is 0.00000210. The second-order valence-corrected chi connectivity index (χ2v) is 11.2. The zero-order chi connectivity index (χ0) is 25.9. The monoisotopic (exact) mass is 572 g/mol. The summed E-state index contributed by atoms with van der Waals surface area (Å²) < 4.78 is 0. The third kappa shape index (κ3) is 6.65. The molecular formula is C32H46Cl2N4O. The molecule has 0 atom stereocenters. The van der Waals surface area contributed by atoms with E-state index in [4.69, 9.17) is 0 Å². The number of H-pyrrole nitrogens is 1. The summed E-state index contributed by atoms with van der Waals surface area (Å²) in [5, 5.41) is 1.19. The van der Waals surface area contributed by atoms with E-state index in [9.17, 15) is 4.79 Å². The first-order valence-electron chi connectivity index (χ1n) is 14.4. The van der Waals surface area contributed by atoms with Gasteiger partial charge >= 0.3 is 0 Å². The number of hydrogen-bond acceptors (Lipinski definition) is 3. The molecule has 0 saturated carbocycles. The number of piperazine rings is 1. The van der Waals surface area contributed by atoms with Gasteiger partial charge in [0.2, 0.25) is 0 Å². The lowest BCUT2D eigenvalue weighted by molar-refractivity contribution is 0.0553. The number of carbonyl (C=O) groups excluding carboxylic acids is 1. The van der Waals surface area contributed by atoms with E-state index in [0.29, 0.717) is 12.0 Å². The number of amides is 1. The van der Waals surface area contributed by atoms with Crippen molar-refractivity contribution in [3.8, 4) is 0 Å². The van der Waals surface area contributed by atoms with Gasteiger partial charge in [0.25, 0.3) is 5.91 Å². The zero-order valence-electron chi connectivity index (χ0n) is 24.0. The fourth-order valence-corrected chi connectivity index (χ4v) is 6.87. The molecule has 2 aliphatic rings. The predicted molar refractivity (Wildman–Crippen MR) is 168 cm³/mol. The normalized spacial score (nSPS) is 17.3. The minimum absolute atomic E-state index is 0. The Kier molecular flexibility index (Phi) is 11.3. The first-order valence-corrected chi connectivity index (χ1v) is 14.4. The predicted octanol–water partition coefficient (Wildman–Crippen LogP) is 6.95. The number of piperidine rings is 1. The molecule has 2 saturated heterocycles. The van der Waals surface area contributed by atoms with Crippen LogP contribution in [0.2, 0.25) is 0 Å². The summed E-state index contributed by atoms with van der Waals surface area (Å²) in [5.74, 6) is 0.800. The van der Waals surface area contributed by atoms with Crippen molar-refractivity contribution in [2.24, 2.45) is 0 Å². The maximum Gasteiger partial charge on any atom is 0.270 e. The highest BCUT2D eigenvalue weighted by molar-refractivity contribution is 6.01. The quantitative estimate of drug-likeness (QED) is 0.333. The number of rotatable bonds is 7. The van der Waals surface area contributed by atoms with Gasteiger partial charge in [-0.2, -0.15) is 0 Å². The molecule has 1 amide bonds. The summed E-state index contributed by atoms with van der Waals surface area (Å²) >= 11 is 0. The van der Waals surface area contributed by atoms with Gasteiger partial charge in [-0.1, -0.05) is 50.2 Å². The number of hydrogen-bond donors (Lipinski definition) is 1. The highest BCUT2D eigenvalue weighted by atomic mass is 35.5. The standard InChI is InChI=1S/C32H44N4O.2ClH/c1-5-26(6-2)35-18-20-36(21-19-35)32(37)31-28(27-12-7-8-13-29(27)33-31)22-34-16-14-25(15-17-34)30-23(3)10-9-11-24(30)4;;/h7-13,25-26,33H,5-6,14-22H2,1-4H3;2*1H. The van der Waals surface area contributed by atoms with Crippen molar-refractivity contribution in [2.75, 3.05) is 39.3 Å². The van der Waals surface area contributed by atoms with Crippen LogP contribution in [0.25, 0.3) is 10.9 Å². The molecule has 0 bridgehead atoms. The van der Waals surface area contributed by atoms with E-state index in [1.165, 1.54) is 47.8 Å². The Morgan fingerprint density at radius 1 is 0.872 bits per heavy atom. The smallest absolute Gasteiger partial charge is 0.270 e. The van der Waals surface area contributed by atoms with Crippen LogP contribution in [-0.4, -0.2) is 70.9 Å². The second-order valence-electron chi connectivity index (χ2n) is 11.2. The van der Waals surface area contributed by atoms with Crippen LogP contribution in [0, 0.1) is 13.8 Å². The summed E-state index contributed by atoms with van der Waals surface area (Å²) in [5.41, 5.74) is 7.45. The molecule has 2 fully saturated rings. The molecular weight excluding hydrogens is 527 g/mol. The molecule has 1 aromatic heterocycles. The first-order chi connectivity index (χ1) is 18.0. The molecule has 0 radical (unpaired) electrons. The lowest BCUT2D eigenvalue weighted by Crippen LogP contribution is -2.52. The average Bonchev–Trinajstić information content (AvgIpc) is 3.28. The molecule has 1 N–H and O–H groups in total. The summed E-state index contributed by atoms with van der Waals surface area (Å²) in [4.78, 5) is 24.5. The number of nitrogens with one attached hydrogen (secondary N) is 1. The van der Waals surface area contributed by atoms with Crippen LogP contribution in [0.4, 0.5) is 0 Å². The Morgan fingerprint density at radius 2 is 1.49 bits per heavy atom. The van der Waals surface area contributed by atoms with Crippen molar-refractivity contribution in [1.82, 2.24) is 19.7 Å². The number of nitrogens with zero attached hydrogens (tertiary/aromatic N) is 3. The molecule has 2 aliphatic heterocycles. The van der Waals surface area contributed by atoms with E-state index in [1.807, 2.05) is 0 Å². The fourth-order valence-electron chi connectivity index (χ4n) is 6.87. The molecule has 3 aromatic rings. The van der Waals surface area contributed by atoms with E-state index in [0.717, 1.165) is 57.0 Å². The molecule has 7 heteroatoms. The van der Waals surface area contributed by atoms with Gasteiger partial charge in [0.05, 0.1) is 0 Å². The highest BCUT2D eigenvalue weighted by Crippen LogP contribution is 2.34. The molecule has 0 spiro atoms. The summed E-state index contributed by atoms with van der Waals surface area (Å²) in [6, 6.07) is 15.7. The Bertz CT molecular complexity index is 1200. The number of carbonyl (C=O) groups is 1. The first kappa shape index (κ1) is 31.5. The SMILES string of the molecule is CCC(CC)N1CCN(C(=O)c2[nH]c3ccccc3c2CN2CCC(c3c(C)cccc3C)CC2)CC1.Cl.Cl. The highest BCUT2D eigenvalue weighted by Gasteiger charge is 2.30. The molecule has 214 valence electrons. The van der Waals surface area contributed by atoms with Crippen molar-refractivity contribution in [3.05, 3.63) is 70.4 Å². The van der Waals surface area contributed by atoms with Crippen LogP contribution in [0.3, 0.4) is 0 Å². The third-order valence-corrected chi connectivity index (χ3v) is 9.01. The molecule has 5 nitrogen and oxygen atoms in total. The van der Waals surface area contributed by atoms with Gasteiger partial charge < -0.3 is 9.88 Å². The van der Waals surface area contributed by atoms with E-state index in [-0.39, 0.29) is 30.7 Å². The Hall–Kier alpha value is -2.05. The number of halogens is 2. The van der Waals surface area contributed by atoms with Gasteiger partial charge in [-0.3, -0.25) is 14.6 Å². The van der Waals surface area contributed by atoms with E-state index in [2.05, 4.69) is 89.8 Å². The number of benzene rings is 2. The zero-order valence-corrected chi connectivity index (χ0v) is 25.7. The van der Waals surface area contributed by atoms with Crippen molar-refractivity contribution in [3.63, 3.8) is 0 Å². The number of fused-ring (bicyclic) bond motifs is 1. The van der Waals surface area contributed by atoms with Gasteiger partial charge in [-0.15, -0.1) is 24.8 Å². The van der Waals surface area contributed by atoms with Gasteiger partial charge in [0.1, 0.15) is 5.69 Å². The Morgan fingerprint density at radius 3 is 2.10 bits per heavy atom. The van der Waals surface area contributed by atoms with Crippen molar-refractivity contribution in [2.45, 2.75) is 71.9 Å². The maximum atomic E-state index is 13.8. The largest absolute Gasteiger partial charge is 0.350 e. The van der Waals surface area contributed by atoms with Gasteiger partial charge in [0, 0.05) is 55.2 Å². The summed E-state index contributed by atoms with van der Waals surface area (Å²) in [6.07, 6.45) is 4.71. The van der Waals surface area contributed by atoms with Crippen molar-refractivity contribution in [1.29, 1.82) is 0 Å². The van der Waals surface area contributed by atoms with Crippen molar-refractivity contribution < 1.29 is 4.79 Å². The van der Waals surface area contributed by atoms with E-state index < -0.39 is 0 Å². The lowest BCUT2D eigenvalue weighted by atomic mass is 9.84. The van der Waals surface area contributed by atoms with Gasteiger partial charge in [-0.05, 0) is 81.3 Å². The van der Waals surface area contributed by atoms with Gasteiger partial charge in [0.15, 0.2) is 0 Å². The van der Waals surface area contributed by atoms with Crippen LogP contribution >= 0.6 is 24.8 Å². The third-order valence-electron chi connectivity index (χ3n) is 9.01. The fraction of sp³-hybridized carbons (Fsp3) is 0.531. The minimum atomic E-state index is 0. The minimum Gasteiger partial charge on any atom is -0.350 e. The average molecular weight is 574 g/mol. The molecule has 5 rings (SSSR count). The van der Waals surface area contributed by atoms with Crippen LogP contribution in [-0.2, 0) is 6.54 Å². The topological polar surface area (TPSA) is 42.6 Å². The number of para-hydroxylation sites is 1. The van der Waals surface area contributed by atoms with Crippen LogP contribution < -0.4 is 0 Å². The molecule has 0 unspecified atom stereocenters. The Labute approximate surface area is 247 Å². The molecule has 39 heavy (non-hydrogen) atoms. The molecule has 3 heterocycles. The number of aryl methyl sites for hydroxylation is 2. The number of aromatic amines is 1. The van der Waals surface area contributed by atoms with Crippen LogP contribution in [0.5, 0.6) is 0 Å². The van der Waals surface area contributed by atoms with E-state index >= 15 is 0 Å². The molecule has 0 aliphatic carbocycles.